The summed E-state index contributed by atoms with van der Waals surface area (Å²) in [7, 11) is -3.36. The molecular weight excluding hydrogens is 312 g/mol. The molecule has 2 N–H and O–H groups in total. The number of hydrogen-bond acceptors (Lipinski definition) is 3. The second-order valence-corrected chi connectivity index (χ2v) is 7.36. The average molecular weight is 331 g/mol. The molecule has 1 aromatic carbocycles. The van der Waals surface area contributed by atoms with Crippen molar-refractivity contribution in [2.45, 2.75) is 31.7 Å². The van der Waals surface area contributed by atoms with Crippen LogP contribution in [0.4, 0.5) is 5.69 Å². The molecule has 0 bridgehead atoms. The van der Waals surface area contributed by atoms with Crippen molar-refractivity contribution >= 4 is 33.2 Å². The second-order valence-electron chi connectivity index (χ2n) is 5.14. The van der Waals surface area contributed by atoms with Gasteiger partial charge in [0, 0.05) is 23.2 Å². The highest BCUT2D eigenvalue weighted by molar-refractivity contribution is 7.92. The Balaban J connectivity index is 1.90. The van der Waals surface area contributed by atoms with Crippen molar-refractivity contribution in [2.75, 3.05) is 16.4 Å². The number of hydrogen-bond donors (Lipinski definition) is 2. The molecule has 1 saturated carbocycles. The van der Waals surface area contributed by atoms with E-state index in [1.807, 2.05) is 0 Å². The molecule has 0 unspecified atom stereocenters. The summed E-state index contributed by atoms with van der Waals surface area (Å²) in [5, 5.41) is 2.88. The number of amides is 1. The minimum absolute atomic E-state index is 0.0453. The van der Waals surface area contributed by atoms with Crippen molar-refractivity contribution in [1.82, 2.24) is 5.32 Å². The lowest BCUT2D eigenvalue weighted by molar-refractivity contribution is 0.0951. The highest BCUT2D eigenvalue weighted by atomic mass is 35.5. The summed E-state index contributed by atoms with van der Waals surface area (Å²) < 4.78 is 26.1. The fourth-order valence-electron chi connectivity index (χ4n) is 1.80. The molecule has 0 atom stereocenters. The normalized spacial score (nSPS) is 14.7. The molecule has 1 aromatic rings. The third-order valence-corrected chi connectivity index (χ3v) is 4.77. The van der Waals surface area contributed by atoms with Gasteiger partial charge in [-0.3, -0.25) is 9.52 Å². The summed E-state index contributed by atoms with van der Waals surface area (Å²) >= 11 is 5.52. The van der Waals surface area contributed by atoms with E-state index in [0.29, 0.717) is 36.0 Å². The van der Waals surface area contributed by atoms with Crippen LogP contribution in [-0.4, -0.2) is 32.0 Å². The van der Waals surface area contributed by atoms with Gasteiger partial charge < -0.3 is 5.32 Å². The maximum absolute atomic E-state index is 11.8. The van der Waals surface area contributed by atoms with Gasteiger partial charge in [0.1, 0.15) is 0 Å². The molecule has 2 rings (SSSR count). The summed E-state index contributed by atoms with van der Waals surface area (Å²) in [5.74, 6) is 0.387. The number of nitrogens with one attached hydrogen (secondary N) is 2. The molecule has 1 fully saturated rings. The zero-order valence-electron chi connectivity index (χ0n) is 11.6. The lowest BCUT2D eigenvalue weighted by Crippen LogP contribution is -2.25. The van der Waals surface area contributed by atoms with Gasteiger partial charge in [0.2, 0.25) is 10.0 Å². The van der Waals surface area contributed by atoms with Crippen LogP contribution in [0.25, 0.3) is 0 Å². The average Bonchev–Trinajstić information content (AvgIpc) is 3.23. The van der Waals surface area contributed by atoms with Gasteiger partial charge >= 0.3 is 0 Å². The third kappa shape index (κ3) is 5.55. The Hall–Kier alpha value is -1.27. The summed E-state index contributed by atoms with van der Waals surface area (Å²) in [6.45, 7) is 0. The van der Waals surface area contributed by atoms with Crippen LogP contribution < -0.4 is 10.0 Å². The van der Waals surface area contributed by atoms with Crippen LogP contribution in [0.3, 0.4) is 0 Å². The van der Waals surface area contributed by atoms with Gasteiger partial charge in [-0.15, -0.1) is 11.6 Å². The van der Waals surface area contributed by atoms with Crippen molar-refractivity contribution in [2.24, 2.45) is 0 Å². The molecule has 21 heavy (non-hydrogen) atoms. The Bertz CT molecular complexity index is 583. The Kier molecular flexibility index (Phi) is 5.47. The molecule has 0 spiro atoms. The number of carbonyl (C=O) groups excluding carboxylic acids is 1. The topological polar surface area (TPSA) is 75.3 Å². The first kappa shape index (κ1) is 16.1. The van der Waals surface area contributed by atoms with E-state index in [-0.39, 0.29) is 11.7 Å². The first-order valence-corrected chi connectivity index (χ1v) is 9.16. The highest BCUT2D eigenvalue weighted by Gasteiger charge is 2.23. The predicted octanol–water partition coefficient (Wildman–Crippen LogP) is 2.34. The number of anilines is 1. The van der Waals surface area contributed by atoms with Crippen molar-refractivity contribution < 1.29 is 13.2 Å². The number of unbranched alkanes of at least 4 members (excludes halogenated alkanes) is 1. The van der Waals surface area contributed by atoms with E-state index in [9.17, 15) is 13.2 Å². The van der Waals surface area contributed by atoms with Crippen LogP contribution in [0, 0.1) is 0 Å². The van der Waals surface area contributed by atoms with Crippen LogP contribution in [0.15, 0.2) is 24.3 Å². The molecule has 1 aliphatic carbocycles. The van der Waals surface area contributed by atoms with E-state index in [0.717, 1.165) is 12.8 Å². The summed E-state index contributed by atoms with van der Waals surface area (Å²) in [6.07, 6.45) is 3.27. The largest absolute Gasteiger partial charge is 0.349 e. The monoisotopic (exact) mass is 330 g/mol. The molecule has 0 saturated heterocycles. The number of halogens is 1. The predicted molar refractivity (Wildman–Crippen MR) is 84.3 cm³/mol. The minimum atomic E-state index is -3.36. The zero-order chi connectivity index (χ0) is 15.3. The fraction of sp³-hybridized carbons (Fsp3) is 0.500. The van der Waals surface area contributed by atoms with Gasteiger partial charge in [-0.2, -0.15) is 0 Å². The molecular formula is C14H19ClN2O3S. The van der Waals surface area contributed by atoms with E-state index in [1.165, 1.54) is 0 Å². The van der Waals surface area contributed by atoms with Crippen LogP contribution in [-0.2, 0) is 10.0 Å². The number of rotatable bonds is 8. The third-order valence-electron chi connectivity index (χ3n) is 3.13. The van der Waals surface area contributed by atoms with Gasteiger partial charge in [0.05, 0.1) is 5.75 Å². The highest BCUT2D eigenvalue weighted by Crippen LogP contribution is 2.20. The molecule has 0 heterocycles. The van der Waals surface area contributed by atoms with Gasteiger partial charge in [-0.1, -0.05) is 0 Å². The Morgan fingerprint density at radius 2 is 1.86 bits per heavy atom. The summed E-state index contributed by atoms with van der Waals surface area (Å²) in [5.41, 5.74) is 0.996. The Morgan fingerprint density at radius 3 is 2.43 bits per heavy atom. The SMILES string of the molecule is O=C(NC1CC1)c1ccc(NS(=O)(=O)CCCCCl)cc1. The van der Waals surface area contributed by atoms with Crippen molar-refractivity contribution in [3.63, 3.8) is 0 Å². The maximum atomic E-state index is 11.8. The number of benzene rings is 1. The summed E-state index contributed by atoms with van der Waals surface area (Å²) in [4.78, 5) is 11.8. The lowest BCUT2D eigenvalue weighted by atomic mass is 10.2. The van der Waals surface area contributed by atoms with E-state index in [1.54, 1.807) is 24.3 Å². The Morgan fingerprint density at radius 1 is 1.19 bits per heavy atom. The smallest absolute Gasteiger partial charge is 0.251 e. The van der Waals surface area contributed by atoms with E-state index in [4.69, 9.17) is 11.6 Å². The molecule has 1 aliphatic rings. The molecule has 5 nitrogen and oxygen atoms in total. The number of sulfonamides is 1. The van der Waals surface area contributed by atoms with Gasteiger partial charge in [0.15, 0.2) is 0 Å². The van der Waals surface area contributed by atoms with Crippen LogP contribution in [0.1, 0.15) is 36.0 Å². The summed E-state index contributed by atoms with van der Waals surface area (Å²) in [6, 6.07) is 6.74. The Labute approximate surface area is 130 Å². The van der Waals surface area contributed by atoms with Crippen LogP contribution in [0.5, 0.6) is 0 Å². The van der Waals surface area contributed by atoms with E-state index < -0.39 is 10.0 Å². The fourth-order valence-corrected chi connectivity index (χ4v) is 3.17. The quantitative estimate of drug-likeness (QED) is 0.567. The first-order chi connectivity index (χ1) is 10.00. The zero-order valence-corrected chi connectivity index (χ0v) is 13.2. The van der Waals surface area contributed by atoms with Crippen molar-refractivity contribution in [1.29, 1.82) is 0 Å². The second kappa shape index (κ2) is 7.13. The van der Waals surface area contributed by atoms with Gasteiger partial charge in [-0.25, -0.2) is 8.42 Å². The van der Waals surface area contributed by atoms with E-state index in [2.05, 4.69) is 10.0 Å². The van der Waals surface area contributed by atoms with Crippen molar-refractivity contribution in [3.05, 3.63) is 29.8 Å². The molecule has 0 radical (unpaired) electrons. The van der Waals surface area contributed by atoms with Gasteiger partial charge in [-0.05, 0) is 49.9 Å². The molecule has 1 amide bonds. The number of alkyl halides is 1. The minimum Gasteiger partial charge on any atom is -0.349 e. The maximum Gasteiger partial charge on any atom is 0.251 e. The molecule has 7 heteroatoms. The lowest BCUT2D eigenvalue weighted by Gasteiger charge is -2.08. The van der Waals surface area contributed by atoms with Crippen molar-refractivity contribution in [3.8, 4) is 0 Å². The van der Waals surface area contributed by atoms with Gasteiger partial charge in [0.25, 0.3) is 5.91 Å². The van der Waals surface area contributed by atoms with E-state index >= 15 is 0 Å². The molecule has 0 aromatic heterocycles. The number of carbonyl (C=O) groups is 1. The molecule has 0 aliphatic heterocycles. The molecule has 116 valence electrons. The first-order valence-electron chi connectivity index (χ1n) is 6.97. The van der Waals surface area contributed by atoms with Crippen LogP contribution >= 0.6 is 11.6 Å². The van der Waals surface area contributed by atoms with Crippen LogP contribution in [0.2, 0.25) is 0 Å². The standard InChI is InChI=1S/C14H19ClN2O3S/c15-9-1-2-10-21(19,20)17-13-5-3-11(4-6-13)14(18)16-12-7-8-12/h3-6,12,17H,1-2,7-10H2,(H,16,18).